The Morgan fingerprint density at radius 1 is 0.941 bits per heavy atom. The molecular weight excluding hydrogens is 422 g/mol. The van der Waals surface area contributed by atoms with E-state index in [1.807, 2.05) is 55.1 Å². The molecule has 3 aromatic carbocycles. The van der Waals surface area contributed by atoms with Crippen molar-refractivity contribution in [3.05, 3.63) is 103 Å². The minimum absolute atomic E-state index is 0.00450. The van der Waals surface area contributed by atoms with Crippen LogP contribution < -0.4 is 0 Å². The van der Waals surface area contributed by atoms with Gasteiger partial charge in [-0.2, -0.15) is 0 Å². The molecule has 0 saturated carbocycles. The summed E-state index contributed by atoms with van der Waals surface area (Å²) in [7, 11) is 0. The Kier molecular flexibility index (Phi) is 6.03. The van der Waals surface area contributed by atoms with Crippen molar-refractivity contribution in [1.82, 2.24) is 14.9 Å². The van der Waals surface area contributed by atoms with Crippen molar-refractivity contribution < 1.29 is 9.53 Å². The lowest BCUT2D eigenvalue weighted by atomic mass is 10.0. The molecule has 1 aliphatic rings. The molecule has 1 amide bonds. The van der Waals surface area contributed by atoms with Crippen molar-refractivity contribution in [2.45, 2.75) is 38.5 Å². The summed E-state index contributed by atoms with van der Waals surface area (Å²) in [5, 5.41) is 0. The SMILES string of the molecule is CC1(C)OC[C@H](Cc2ccccc2)N1C(=O)Cc1ncc(-c2ccc(-c3ccccc3)cc2)[nH]1. The number of ether oxygens (including phenoxy) is 1. The summed E-state index contributed by atoms with van der Waals surface area (Å²) < 4.78 is 5.99. The zero-order valence-electron chi connectivity index (χ0n) is 19.6. The zero-order chi connectivity index (χ0) is 23.5. The molecule has 1 aliphatic heterocycles. The number of imidazole rings is 1. The number of hydrogen-bond acceptors (Lipinski definition) is 3. The molecule has 1 N–H and O–H groups in total. The molecule has 4 aromatic rings. The fraction of sp³-hybridized carbons (Fsp3) is 0.241. The monoisotopic (exact) mass is 451 g/mol. The molecule has 34 heavy (non-hydrogen) atoms. The third-order valence-electron chi connectivity index (χ3n) is 6.41. The van der Waals surface area contributed by atoms with Crippen LogP contribution in [0.4, 0.5) is 0 Å². The molecule has 0 bridgehead atoms. The van der Waals surface area contributed by atoms with Crippen LogP contribution in [0.3, 0.4) is 0 Å². The summed E-state index contributed by atoms with van der Waals surface area (Å²) in [4.78, 5) is 23.1. The van der Waals surface area contributed by atoms with E-state index < -0.39 is 5.72 Å². The van der Waals surface area contributed by atoms with Gasteiger partial charge in [-0.25, -0.2) is 4.98 Å². The van der Waals surface area contributed by atoms with Gasteiger partial charge in [-0.05, 0) is 42.5 Å². The zero-order valence-corrected chi connectivity index (χ0v) is 19.6. The Morgan fingerprint density at radius 3 is 2.26 bits per heavy atom. The first-order valence-electron chi connectivity index (χ1n) is 11.7. The number of amides is 1. The highest BCUT2D eigenvalue weighted by Gasteiger charge is 2.43. The van der Waals surface area contributed by atoms with Gasteiger partial charge in [0, 0.05) is 0 Å². The van der Waals surface area contributed by atoms with Gasteiger partial charge in [-0.15, -0.1) is 0 Å². The lowest BCUT2D eigenvalue weighted by Gasteiger charge is -2.33. The molecule has 1 aromatic heterocycles. The van der Waals surface area contributed by atoms with E-state index in [1.165, 1.54) is 16.7 Å². The van der Waals surface area contributed by atoms with Gasteiger partial charge in [-0.1, -0.05) is 84.9 Å². The van der Waals surface area contributed by atoms with Crippen molar-refractivity contribution in [3.8, 4) is 22.4 Å². The lowest BCUT2D eigenvalue weighted by Crippen LogP contribution is -2.49. The summed E-state index contributed by atoms with van der Waals surface area (Å²) >= 11 is 0. The number of nitrogens with zero attached hydrogens (tertiary/aromatic N) is 2. The van der Waals surface area contributed by atoms with Crippen LogP contribution in [0.1, 0.15) is 25.2 Å². The summed E-state index contributed by atoms with van der Waals surface area (Å²) in [6.45, 7) is 4.44. The summed E-state index contributed by atoms with van der Waals surface area (Å²) in [6, 6.07) is 28.9. The maximum Gasteiger partial charge on any atom is 0.232 e. The smallest absolute Gasteiger partial charge is 0.232 e. The number of aromatic amines is 1. The van der Waals surface area contributed by atoms with Crippen LogP contribution in [0.25, 0.3) is 22.4 Å². The molecule has 2 heterocycles. The molecule has 0 radical (unpaired) electrons. The first kappa shape index (κ1) is 22.1. The van der Waals surface area contributed by atoms with Gasteiger partial charge in [0.05, 0.1) is 31.0 Å². The van der Waals surface area contributed by atoms with Gasteiger partial charge in [-0.3, -0.25) is 4.79 Å². The van der Waals surface area contributed by atoms with Gasteiger partial charge >= 0.3 is 0 Å². The predicted molar refractivity (Wildman–Crippen MR) is 134 cm³/mol. The van der Waals surface area contributed by atoms with E-state index in [0.29, 0.717) is 12.4 Å². The van der Waals surface area contributed by atoms with E-state index in [2.05, 4.69) is 58.5 Å². The second-order valence-corrected chi connectivity index (χ2v) is 9.23. The van der Waals surface area contributed by atoms with Crippen LogP contribution in [0.5, 0.6) is 0 Å². The standard InChI is InChI=1S/C29H29N3O2/c1-29(2)32(25(20-34-29)17-21-9-5-3-6-10-21)28(33)18-27-30-19-26(31-27)24-15-13-23(14-16-24)22-11-7-4-8-12-22/h3-16,19,25H,17-18,20H2,1-2H3,(H,30,31)/t25-/m0/s1. The van der Waals surface area contributed by atoms with E-state index in [-0.39, 0.29) is 18.4 Å². The fourth-order valence-electron chi connectivity index (χ4n) is 4.72. The van der Waals surface area contributed by atoms with Gasteiger partial charge in [0.2, 0.25) is 5.91 Å². The van der Waals surface area contributed by atoms with Crippen LogP contribution in [0.2, 0.25) is 0 Å². The number of hydrogen-bond donors (Lipinski definition) is 1. The minimum Gasteiger partial charge on any atom is -0.354 e. The van der Waals surface area contributed by atoms with Crippen molar-refractivity contribution >= 4 is 5.91 Å². The molecular formula is C29H29N3O2. The van der Waals surface area contributed by atoms with E-state index in [4.69, 9.17) is 4.74 Å². The van der Waals surface area contributed by atoms with Gasteiger partial charge in [0.15, 0.2) is 0 Å². The molecule has 172 valence electrons. The normalized spacial score (nSPS) is 17.1. The predicted octanol–water partition coefficient (Wildman–Crippen LogP) is 5.49. The third kappa shape index (κ3) is 4.66. The molecule has 1 saturated heterocycles. The van der Waals surface area contributed by atoms with E-state index >= 15 is 0 Å². The first-order valence-corrected chi connectivity index (χ1v) is 11.7. The van der Waals surface area contributed by atoms with Crippen LogP contribution in [0.15, 0.2) is 91.1 Å². The van der Waals surface area contributed by atoms with E-state index in [0.717, 1.165) is 17.7 Å². The van der Waals surface area contributed by atoms with Gasteiger partial charge < -0.3 is 14.6 Å². The Hall–Kier alpha value is -3.70. The Balaban J connectivity index is 1.29. The number of aromatic nitrogens is 2. The summed E-state index contributed by atoms with van der Waals surface area (Å²) in [5.74, 6) is 0.678. The van der Waals surface area contributed by atoms with Gasteiger partial charge in [0.1, 0.15) is 11.5 Å². The fourth-order valence-corrected chi connectivity index (χ4v) is 4.72. The molecule has 0 unspecified atom stereocenters. The second-order valence-electron chi connectivity index (χ2n) is 9.23. The number of H-pyrrole nitrogens is 1. The van der Waals surface area contributed by atoms with Gasteiger partial charge in [0.25, 0.3) is 0 Å². The quantitative estimate of drug-likeness (QED) is 0.422. The van der Waals surface area contributed by atoms with Crippen LogP contribution in [0, 0.1) is 0 Å². The number of nitrogens with one attached hydrogen (secondary N) is 1. The molecule has 0 aliphatic carbocycles. The van der Waals surface area contributed by atoms with Crippen LogP contribution in [-0.4, -0.2) is 39.1 Å². The third-order valence-corrected chi connectivity index (χ3v) is 6.41. The second kappa shape index (κ2) is 9.27. The molecule has 5 heteroatoms. The number of carbonyl (C=O) groups is 1. The van der Waals surface area contributed by atoms with E-state index in [9.17, 15) is 4.79 Å². The van der Waals surface area contributed by atoms with Crippen molar-refractivity contribution in [1.29, 1.82) is 0 Å². The number of benzene rings is 3. The highest BCUT2D eigenvalue weighted by Crippen LogP contribution is 2.30. The summed E-state index contributed by atoms with van der Waals surface area (Å²) in [5.41, 5.74) is 4.85. The maximum atomic E-state index is 13.4. The molecule has 5 rings (SSSR count). The highest BCUT2D eigenvalue weighted by atomic mass is 16.5. The number of rotatable bonds is 6. The first-order chi connectivity index (χ1) is 16.5. The molecule has 0 spiro atoms. The number of carbonyl (C=O) groups excluding carboxylic acids is 1. The average Bonchev–Trinajstić information content (AvgIpc) is 3.44. The van der Waals surface area contributed by atoms with Crippen molar-refractivity contribution in [2.75, 3.05) is 6.61 Å². The van der Waals surface area contributed by atoms with Crippen molar-refractivity contribution in [3.63, 3.8) is 0 Å². The Labute approximate surface area is 200 Å². The highest BCUT2D eigenvalue weighted by molar-refractivity contribution is 5.79. The van der Waals surface area contributed by atoms with Crippen molar-refractivity contribution in [2.24, 2.45) is 0 Å². The molecule has 1 fully saturated rings. The summed E-state index contributed by atoms with van der Waals surface area (Å²) in [6.07, 6.45) is 2.78. The van der Waals surface area contributed by atoms with Crippen LogP contribution in [-0.2, 0) is 22.4 Å². The largest absolute Gasteiger partial charge is 0.354 e. The molecule has 5 nitrogen and oxygen atoms in total. The molecule has 1 atom stereocenters. The Bertz CT molecular complexity index is 1250. The van der Waals surface area contributed by atoms with E-state index in [1.54, 1.807) is 6.20 Å². The van der Waals surface area contributed by atoms with Crippen LogP contribution >= 0.6 is 0 Å². The topological polar surface area (TPSA) is 58.2 Å². The average molecular weight is 452 g/mol. The Morgan fingerprint density at radius 2 is 1.56 bits per heavy atom. The lowest BCUT2D eigenvalue weighted by molar-refractivity contribution is -0.145. The minimum atomic E-state index is -0.640. The maximum absolute atomic E-state index is 13.4.